The molecule has 1 aliphatic carbocycles. The van der Waals surface area contributed by atoms with Crippen molar-refractivity contribution in [3.05, 3.63) is 11.9 Å². The molecule has 0 spiro atoms. The largest absolute Gasteiger partial charge is 0.350 e. The van der Waals surface area contributed by atoms with Crippen molar-refractivity contribution in [3.63, 3.8) is 0 Å². The van der Waals surface area contributed by atoms with Gasteiger partial charge in [-0.05, 0) is 12.8 Å². The Morgan fingerprint density at radius 3 is 2.82 bits per heavy atom. The molecule has 2 N–H and O–H groups in total. The van der Waals surface area contributed by atoms with Crippen LogP contribution in [0.4, 0.5) is 0 Å². The number of carbonyl (C=O) groups excluding carboxylic acids is 1. The zero-order valence-electron chi connectivity index (χ0n) is 9.71. The Balaban J connectivity index is 1.89. The standard InChI is InChI=1S/C11H17ClN4O/c12-7-11(4-2-1-3-5-11)8-13-10(17)9-6-14-16-15-9/h6H,1-5,7-8H2,(H,13,17)(H,14,15,16). The third-order valence-corrected chi connectivity index (χ3v) is 4.04. The third-order valence-electron chi connectivity index (χ3n) is 3.47. The maximum absolute atomic E-state index is 11.7. The molecule has 0 radical (unpaired) electrons. The molecule has 0 unspecified atom stereocenters. The molecule has 1 saturated carbocycles. The van der Waals surface area contributed by atoms with Crippen molar-refractivity contribution in [1.29, 1.82) is 0 Å². The van der Waals surface area contributed by atoms with Gasteiger partial charge in [-0.25, -0.2) is 0 Å². The van der Waals surface area contributed by atoms with Gasteiger partial charge in [-0.15, -0.1) is 11.6 Å². The fourth-order valence-corrected chi connectivity index (χ4v) is 2.69. The summed E-state index contributed by atoms with van der Waals surface area (Å²) in [5.74, 6) is 0.417. The van der Waals surface area contributed by atoms with Gasteiger partial charge in [0.1, 0.15) is 0 Å². The first-order chi connectivity index (χ1) is 8.26. The van der Waals surface area contributed by atoms with Crippen molar-refractivity contribution in [2.75, 3.05) is 12.4 Å². The van der Waals surface area contributed by atoms with Gasteiger partial charge in [0.05, 0.1) is 6.20 Å². The highest BCUT2D eigenvalue weighted by Gasteiger charge is 2.31. The minimum atomic E-state index is -0.186. The minimum absolute atomic E-state index is 0.0687. The Labute approximate surface area is 105 Å². The first kappa shape index (κ1) is 12.4. The average Bonchev–Trinajstić information content (AvgIpc) is 2.91. The molecule has 0 saturated heterocycles. The van der Waals surface area contributed by atoms with Crippen LogP contribution in [0.15, 0.2) is 6.20 Å². The van der Waals surface area contributed by atoms with E-state index in [0.29, 0.717) is 18.1 Å². The van der Waals surface area contributed by atoms with E-state index in [0.717, 1.165) is 12.8 Å². The van der Waals surface area contributed by atoms with Crippen LogP contribution in [0.1, 0.15) is 42.6 Å². The van der Waals surface area contributed by atoms with Gasteiger partial charge in [-0.1, -0.05) is 19.3 Å². The van der Waals surface area contributed by atoms with Gasteiger partial charge in [0.2, 0.25) is 0 Å². The molecule has 94 valence electrons. The first-order valence-corrected chi connectivity index (χ1v) is 6.49. The maximum Gasteiger partial charge on any atom is 0.273 e. The van der Waals surface area contributed by atoms with Gasteiger partial charge in [0.25, 0.3) is 5.91 Å². The van der Waals surface area contributed by atoms with Gasteiger partial charge in [-0.3, -0.25) is 4.79 Å². The number of H-pyrrole nitrogens is 1. The second kappa shape index (κ2) is 5.49. The molecule has 1 aliphatic rings. The number of hydrogen-bond acceptors (Lipinski definition) is 3. The molecule has 0 atom stereocenters. The van der Waals surface area contributed by atoms with Crippen molar-refractivity contribution < 1.29 is 4.79 Å². The number of carbonyl (C=O) groups is 1. The highest BCUT2D eigenvalue weighted by atomic mass is 35.5. The van der Waals surface area contributed by atoms with Crippen molar-refractivity contribution in [1.82, 2.24) is 20.7 Å². The molecular formula is C11H17ClN4O. The molecule has 1 heterocycles. The summed E-state index contributed by atoms with van der Waals surface area (Å²) < 4.78 is 0. The van der Waals surface area contributed by atoms with E-state index in [2.05, 4.69) is 20.7 Å². The predicted molar refractivity (Wildman–Crippen MR) is 65.0 cm³/mol. The Morgan fingerprint density at radius 2 is 2.24 bits per heavy atom. The van der Waals surface area contributed by atoms with Crippen LogP contribution < -0.4 is 5.32 Å². The zero-order chi connectivity index (χ0) is 12.1. The summed E-state index contributed by atoms with van der Waals surface area (Å²) in [5.41, 5.74) is 0.393. The fraction of sp³-hybridized carbons (Fsp3) is 0.727. The van der Waals surface area contributed by atoms with Crippen LogP contribution in [0, 0.1) is 5.41 Å². The third kappa shape index (κ3) is 2.97. The van der Waals surface area contributed by atoms with Crippen LogP contribution >= 0.6 is 11.6 Å². The first-order valence-electron chi connectivity index (χ1n) is 5.96. The lowest BCUT2D eigenvalue weighted by atomic mass is 9.75. The Morgan fingerprint density at radius 1 is 1.47 bits per heavy atom. The Kier molecular flexibility index (Phi) is 3.99. The molecule has 6 heteroatoms. The molecule has 1 amide bonds. The SMILES string of the molecule is O=C(NCC1(CCl)CCCCC1)c1cn[nH]n1. The Bertz CT molecular complexity index is 360. The molecule has 17 heavy (non-hydrogen) atoms. The van der Waals surface area contributed by atoms with E-state index in [-0.39, 0.29) is 11.3 Å². The Hall–Kier alpha value is -1.10. The van der Waals surface area contributed by atoms with Crippen molar-refractivity contribution in [2.45, 2.75) is 32.1 Å². The van der Waals surface area contributed by atoms with Gasteiger partial charge in [0, 0.05) is 17.8 Å². The van der Waals surface area contributed by atoms with E-state index in [1.54, 1.807) is 0 Å². The van der Waals surface area contributed by atoms with Crippen LogP contribution in [-0.4, -0.2) is 33.7 Å². The van der Waals surface area contributed by atoms with Gasteiger partial charge in [-0.2, -0.15) is 15.4 Å². The summed E-state index contributed by atoms with van der Waals surface area (Å²) in [6.07, 6.45) is 7.28. The smallest absolute Gasteiger partial charge is 0.273 e. The van der Waals surface area contributed by atoms with Crippen LogP contribution in [0.3, 0.4) is 0 Å². The number of aromatic nitrogens is 3. The molecule has 1 aromatic heterocycles. The average molecular weight is 257 g/mol. The second-order valence-electron chi connectivity index (χ2n) is 4.73. The van der Waals surface area contributed by atoms with E-state index in [4.69, 9.17) is 11.6 Å². The summed E-state index contributed by atoms with van der Waals surface area (Å²) in [5, 5.41) is 12.7. The number of amides is 1. The van der Waals surface area contributed by atoms with Crippen molar-refractivity contribution in [3.8, 4) is 0 Å². The van der Waals surface area contributed by atoms with E-state index >= 15 is 0 Å². The molecule has 1 fully saturated rings. The van der Waals surface area contributed by atoms with Crippen LogP contribution in [-0.2, 0) is 0 Å². The normalized spacial score (nSPS) is 18.9. The number of aromatic amines is 1. The van der Waals surface area contributed by atoms with E-state index in [1.807, 2.05) is 0 Å². The summed E-state index contributed by atoms with van der Waals surface area (Å²) in [4.78, 5) is 11.7. The summed E-state index contributed by atoms with van der Waals surface area (Å²) in [6, 6.07) is 0. The number of nitrogens with one attached hydrogen (secondary N) is 2. The van der Waals surface area contributed by atoms with Crippen molar-refractivity contribution in [2.24, 2.45) is 5.41 Å². The zero-order valence-corrected chi connectivity index (χ0v) is 10.5. The van der Waals surface area contributed by atoms with Gasteiger partial charge >= 0.3 is 0 Å². The van der Waals surface area contributed by atoms with Crippen molar-refractivity contribution >= 4 is 17.5 Å². The van der Waals surface area contributed by atoms with E-state index in [1.165, 1.54) is 25.5 Å². The summed E-state index contributed by atoms with van der Waals surface area (Å²) >= 11 is 6.06. The number of alkyl halides is 1. The predicted octanol–water partition coefficient (Wildman–Crippen LogP) is 1.72. The number of hydrogen-bond donors (Lipinski definition) is 2. The molecule has 0 aliphatic heterocycles. The second-order valence-corrected chi connectivity index (χ2v) is 5.00. The molecule has 0 bridgehead atoms. The van der Waals surface area contributed by atoms with Gasteiger partial charge in [0.15, 0.2) is 5.69 Å². The maximum atomic E-state index is 11.7. The number of halogens is 1. The van der Waals surface area contributed by atoms with Crippen LogP contribution in [0.25, 0.3) is 0 Å². The molecular weight excluding hydrogens is 240 g/mol. The summed E-state index contributed by atoms with van der Waals surface area (Å²) in [6.45, 7) is 0.627. The van der Waals surface area contributed by atoms with E-state index in [9.17, 15) is 4.79 Å². The van der Waals surface area contributed by atoms with Gasteiger partial charge < -0.3 is 5.32 Å². The van der Waals surface area contributed by atoms with Crippen LogP contribution in [0.5, 0.6) is 0 Å². The molecule has 1 aromatic rings. The summed E-state index contributed by atoms with van der Waals surface area (Å²) in [7, 11) is 0. The van der Waals surface area contributed by atoms with E-state index < -0.39 is 0 Å². The number of nitrogens with zero attached hydrogens (tertiary/aromatic N) is 2. The molecule has 2 rings (SSSR count). The highest BCUT2D eigenvalue weighted by Crippen LogP contribution is 2.36. The topological polar surface area (TPSA) is 70.7 Å². The minimum Gasteiger partial charge on any atom is -0.350 e. The lowest BCUT2D eigenvalue weighted by molar-refractivity contribution is 0.0916. The quantitative estimate of drug-likeness (QED) is 0.806. The fourth-order valence-electron chi connectivity index (χ4n) is 2.33. The number of rotatable bonds is 4. The monoisotopic (exact) mass is 256 g/mol. The molecule has 5 nitrogen and oxygen atoms in total. The molecule has 0 aromatic carbocycles. The van der Waals surface area contributed by atoms with Crippen LogP contribution in [0.2, 0.25) is 0 Å². The highest BCUT2D eigenvalue weighted by molar-refractivity contribution is 6.18. The lowest BCUT2D eigenvalue weighted by Gasteiger charge is -2.35. The lowest BCUT2D eigenvalue weighted by Crippen LogP contribution is -2.40.